The van der Waals surface area contributed by atoms with Crippen molar-refractivity contribution in [1.29, 1.82) is 0 Å². The highest BCUT2D eigenvalue weighted by Crippen LogP contribution is 2.24. The van der Waals surface area contributed by atoms with Crippen molar-refractivity contribution >= 4 is 10.1 Å². The standard InChI is InChI=1S/C21H15N3O3S/c25-28(26,18-6-2-1-3-7-18)27-17-11-9-16(10-12-17)21-23-15-13-20(24-21)19-8-4-5-14-22-19/h1-15H. The topological polar surface area (TPSA) is 82.0 Å². The smallest absolute Gasteiger partial charge is 0.339 e. The maximum absolute atomic E-state index is 12.3. The number of hydrogen-bond donors (Lipinski definition) is 0. The molecule has 7 heteroatoms. The molecule has 2 heterocycles. The Morgan fingerprint density at radius 2 is 1.43 bits per heavy atom. The minimum absolute atomic E-state index is 0.102. The molecule has 6 nitrogen and oxygen atoms in total. The fourth-order valence-corrected chi connectivity index (χ4v) is 3.53. The SMILES string of the molecule is O=S(=O)(Oc1ccc(-c2nccc(-c3ccccn3)n2)cc1)c1ccccc1. The van der Waals surface area contributed by atoms with Crippen molar-refractivity contribution in [2.24, 2.45) is 0 Å². The molecule has 0 aliphatic rings. The number of hydrogen-bond acceptors (Lipinski definition) is 6. The van der Waals surface area contributed by atoms with Gasteiger partial charge >= 0.3 is 10.1 Å². The Bertz CT molecular complexity index is 1180. The summed E-state index contributed by atoms with van der Waals surface area (Å²) in [5, 5.41) is 0. The third kappa shape index (κ3) is 3.89. The molecule has 0 atom stereocenters. The van der Waals surface area contributed by atoms with Crippen LogP contribution in [-0.2, 0) is 10.1 Å². The Kier molecular flexibility index (Phi) is 4.82. The first-order valence-corrected chi connectivity index (χ1v) is 9.87. The molecule has 0 aliphatic heterocycles. The second-order valence-corrected chi connectivity index (χ2v) is 7.40. The largest absolute Gasteiger partial charge is 0.379 e. The minimum atomic E-state index is -3.87. The van der Waals surface area contributed by atoms with Crippen molar-refractivity contribution in [2.45, 2.75) is 4.90 Å². The molecule has 2 aromatic carbocycles. The highest BCUT2D eigenvalue weighted by molar-refractivity contribution is 7.87. The zero-order chi connectivity index (χ0) is 19.4. The van der Waals surface area contributed by atoms with E-state index in [1.807, 2.05) is 18.2 Å². The van der Waals surface area contributed by atoms with Gasteiger partial charge in [-0.3, -0.25) is 4.98 Å². The van der Waals surface area contributed by atoms with Crippen LogP contribution >= 0.6 is 0 Å². The first kappa shape index (κ1) is 17.8. The van der Waals surface area contributed by atoms with Crippen LogP contribution in [0.3, 0.4) is 0 Å². The lowest BCUT2D eigenvalue weighted by Crippen LogP contribution is -2.09. The molecule has 0 spiro atoms. The number of nitrogens with zero attached hydrogens (tertiary/aromatic N) is 3. The van der Waals surface area contributed by atoms with Crippen LogP contribution in [0.15, 0.2) is 96.2 Å². The summed E-state index contributed by atoms with van der Waals surface area (Å²) in [6.45, 7) is 0. The number of rotatable bonds is 5. The van der Waals surface area contributed by atoms with Crippen molar-refractivity contribution < 1.29 is 12.6 Å². The van der Waals surface area contributed by atoms with E-state index in [1.165, 1.54) is 12.1 Å². The third-order valence-corrected chi connectivity index (χ3v) is 5.19. The van der Waals surface area contributed by atoms with E-state index in [4.69, 9.17) is 4.18 Å². The summed E-state index contributed by atoms with van der Waals surface area (Å²) in [5.41, 5.74) is 2.19. The van der Waals surface area contributed by atoms with Gasteiger partial charge < -0.3 is 4.18 Å². The number of pyridine rings is 1. The van der Waals surface area contributed by atoms with E-state index in [2.05, 4.69) is 15.0 Å². The van der Waals surface area contributed by atoms with Crippen molar-refractivity contribution in [3.63, 3.8) is 0 Å². The van der Waals surface area contributed by atoms with E-state index >= 15 is 0 Å². The molecule has 4 aromatic rings. The van der Waals surface area contributed by atoms with E-state index in [-0.39, 0.29) is 10.6 Å². The average Bonchev–Trinajstić information content (AvgIpc) is 2.75. The average molecular weight is 389 g/mol. The van der Waals surface area contributed by atoms with Crippen LogP contribution in [0.25, 0.3) is 22.8 Å². The van der Waals surface area contributed by atoms with E-state index in [0.717, 1.165) is 11.3 Å². The van der Waals surface area contributed by atoms with Gasteiger partial charge in [0, 0.05) is 18.0 Å². The van der Waals surface area contributed by atoms with E-state index < -0.39 is 10.1 Å². The summed E-state index contributed by atoms with van der Waals surface area (Å²) in [5.74, 6) is 0.731. The van der Waals surface area contributed by atoms with Gasteiger partial charge in [0.15, 0.2) is 5.82 Å². The van der Waals surface area contributed by atoms with Crippen molar-refractivity contribution in [3.8, 4) is 28.5 Å². The maximum atomic E-state index is 12.3. The van der Waals surface area contributed by atoms with Gasteiger partial charge in [-0.05, 0) is 54.6 Å². The lowest BCUT2D eigenvalue weighted by Gasteiger charge is -2.08. The fourth-order valence-electron chi connectivity index (χ4n) is 2.58. The van der Waals surface area contributed by atoms with Gasteiger partial charge in [0.2, 0.25) is 0 Å². The van der Waals surface area contributed by atoms with Gasteiger partial charge in [0.1, 0.15) is 10.6 Å². The summed E-state index contributed by atoms with van der Waals surface area (Å²) in [4.78, 5) is 13.2. The summed E-state index contributed by atoms with van der Waals surface area (Å²) in [6.07, 6.45) is 3.37. The molecule has 28 heavy (non-hydrogen) atoms. The molecule has 0 saturated heterocycles. The van der Waals surface area contributed by atoms with Crippen LogP contribution in [0.2, 0.25) is 0 Å². The molecule has 4 rings (SSSR count). The summed E-state index contributed by atoms with van der Waals surface area (Å²) in [7, 11) is -3.87. The van der Waals surface area contributed by atoms with Gasteiger partial charge in [-0.25, -0.2) is 9.97 Å². The zero-order valence-corrected chi connectivity index (χ0v) is 15.5. The van der Waals surface area contributed by atoms with E-state index in [9.17, 15) is 8.42 Å². The molecule has 0 aliphatic carbocycles. The molecule has 0 N–H and O–H groups in total. The first-order valence-electron chi connectivity index (χ1n) is 8.46. The summed E-state index contributed by atoms with van der Waals surface area (Å²) < 4.78 is 29.8. The monoisotopic (exact) mass is 389 g/mol. The van der Waals surface area contributed by atoms with E-state index in [0.29, 0.717) is 11.5 Å². The van der Waals surface area contributed by atoms with Crippen molar-refractivity contribution in [1.82, 2.24) is 15.0 Å². The summed E-state index contributed by atoms with van der Waals surface area (Å²) in [6, 6.07) is 22.0. The molecule has 0 fully saturated rings. The van der Waals surface area contributed by atoms with Crippen LogP contribution in [0.1, 0.15) is 0 Å². The minimum Gasteiger partial charge on any atom is -0.379 e. The Balaban J connectivity index is 1.57. The van der Waals surface area contributed by atoms with Crippen LogP contribution in [0.4, 0.5) is 0 Å². The Hall–Kier alpha value is -3.58. The third-order valence-electron chi connectivity index (χ3n) is 3.93. The molecule has 2 aromatic heterocycles. The second-order valence-electron chi connectivity index (χ2n) is 5.86. The van der Waals surface area contributed by atoms with Gasteiger partial charge in [-0.2, -0.15) is 8.42 Å². The lowest BCUT2D eigenvalue weighted by atomic mass is 10.2. The molecular formula is C21H15N3O3S. The van der Waals surface area contributed by atoms with Gasteiger partial charge in [-0.15, -0.1) is 0 Å². The van der Waals surface area contributed by atoms with Crippen LogP contribution in [0.5, 0.6) is 5.75 Å². The molecule has 0 radical (unpaired) electrons. The van der Waals surface area contributed by atoms with Gasteiger partial charge in [0.25, 0.3) is 0 Å². The Morgan fingerprint density at radius 3 is 2.14 bits per heavy atom. The van der Waals surface area contributed by atoms with Gasteiger partial charge in [-0.1, -0.05) is 24.3 Å². The Morgan fingerprint density at radius 1 is 0.679 bits per heavy atom. The normalized spacial score (nSPS) is 11.1. The predicted molar refractivity (Wildman–Crippen MR) is 105 cm³/mol. The fraction of sp³-hybridized carbons (Fsp3) is 0. The Labute approximate surface area is 162 Å². The number of aromatic nitrogens is 3. The number of benzene rings is 2. The highest BCUT2D eigenvalue weighted by Gasteiger charge is 2.16. The molecule has 138 valence electrons. The zero-order valence-electron chi connectivity index (χ0n) is 14.6. The summed E-state index contributed by atoms with van der Waals surface area (Å²) >= 11 is 0. The lowest BCUT2D eigenvalue weighted by molar-refractivity contribution is 0.486. The molecule has 0 saturated carbocycles. The van der Waals surface area contributed by atoms with Crippen LogP contribution in [0, 0.1) is 0 Å². The van der Waals surface area contributed by atoms with Crippen LogP contribution in [-0.4, -0.2) is 23.4 Å². The first-order chi connectivity index (χ1) is 13.6. The molecule has 0 unspecified atom stereocenters. The second kappa shape index (κ2) is 7.58. The molecular weight excluding hydrogens is 374 g/mol. The quantitative estimate of drug-likeness (QED) is 0.480. The van der Waals surface area contributed by atoms with Crippen molar-refractivity contribution in [3.05, 3.63) is 91.3 Å². The van der Waals surface area contributed by atoms with E-state index in [1.54, 1.807) is 60.9 Å². The van der Waals surface area contributed by atoms with Crippen LogP contribution < -0.4 is 4.18 Å². The molecule has 0 amide bonds. The molecule has 0 bridgehead atoms. The van der Waals surface area contributed by atoms with Crippen molar-refractivity contribution in [2.75, 3.05) is 0 Å². The maximum Gasteiger partial charge on any atom is 0.339 e. The van der Waals surface area contributed by atoms with Gasteiger partial charge in [0.05, 0.1) is 11.4 Å². The highest BCUT2D eigenvalue weighted by atomic mass is 32.2. The predicted octanol–water partition coefficient (Wildman–Crippen LogP) is 3.97.